The molecule has 2 aliphatic heterocycles. The second-order valence-electron chi connectivity index (χ2n) is 3.67. The molecule has 1 aromatic carbocycles. The lowest BCUT2D eigenvalue weighted by molar-refractivity contribution is 0.435. The molecule has 2 N–H and O–H groups in total. The summed E-state index contributed by atoms with van der Waals surface area (Å²) in [6.07, 6.45) is 3.91. The summed E-state index contributed by atoms with van der Waals surface area (Å²) in [5.41, 5.74) is 5.73. The molecule has 2 heterocycles. The van der Waals surface area contributed by atoms with E-state index in [1.807, 2.05) is 6.21 Å². The summed E-state index contributed by atoms with van der Waals surface area (Å²) in [5, 5.41) is 7.54. The molecule has 1 unspecified atom stereocenters. The molecule has 3 rings (SSSR count). The Morgan fingerprint density at radius 1 is 1.31 bits per heavy atom. The molecule has 2 aliphatic rings. The van der Waals surface area contributed by atoms with Gasteiger partial charge in [0.05, 0.1) is 0 Å². The van der Waals surface area contributed by atoms with Crippen molar-refractivity contribution in [1.82, 2.24) is 5.43 Å². The molecule has 0 radical (unpaired) electrons. The second kappa shape index (κ2) is 2.25. The van der Waals surface area contributed by atoms with Crippen LogP contribution in [0, 0.1) is 0 Å². The van der Waals surface area contributed by atoms with Crippen LogP contribution in [0.3, 0.4) is 0 Å². The van der Waals surface area contributed by atoms with Gasteiger partial charge in [-0.3, -0.25) is 5.43 Å². The lowest BCUT2D eigenvalue weighted by Gasteiger charge is -2.23. The van der Waals surface area contributed by atoms with Crippen LogP contribution in [0.5, 0.6) is 0 Å². The molecule has 0 saturated heterocycles. The van der Waals surface area contributed by atoms with E-state index >= 15 is 0 Å². The van der Waals surface area contributed by atoms with E-state index in [1.165, 1.54) is 11.3 Å². The lowest BCUT2D eigenvalue weighted by Crippen LogP contribution is -2.44. The van der Waals surface area contributed by atoms with Gasteiger partial charge >= 0.3 is 0 Å². The molecular weight excluding hydrogens is 162 g/mol. The molecule has 0 bridgehead atoms. The SMILES string of the molecule is C1=NNC2(C1)Cc1ccccc1N2. The first kappa shape index (κ1) is 6.95. The Bertz CT molecular complexity index is 335. The molecule has 1 spiro atoms. The highest BCUT2D eigenvalue weighted by Crippen LogP contribution is 2.33. The van der Waals surface area contributed by atoms with E-state index in [-0.39, 0.29) is 5.66 Å². The monoisotopic (exact) mass is 173 g/mol. The van der Waals surface area contributed by atoms with Crippen LogP contribution >= 0.6 is 0 Å². The van der Waals surface area contributed by atoms with Gasteiger partial charge in [0, 0.05) is 24.7 Å². The van der Waals surface area contributed by atoms with Crippen molar-refractivity contribution in [2.24, 2.45) is 5.10 Å². The van der Waals surface area contributed by atoms with Crippen LogP contribution in [-0.4, -0.2) is 11.9 Å². The molecule has 3 nitrogen and oxygen atoms in total. The standard InChI is InChI=1S/C10H11N3/c1-2-4-9-8(3-1)7-10(12-9)5-6-11-13-10/h1-4,6,12-13H,5,7H2. The van der Waals surface area contributed by atoms with Crippen molar-refractivity contribution in [3.05, 3.63) is 29.8 Å². The van der Waals surface area contributed by atoms with Gasteiger partial charge in [-0.1, -0.05) is 18.2 Å². The lowest BCUT2D eigenvalue weighted by atomic mass is 10.0. The maximum atomic E-state index is 4.06. The zero-order chi connectivity index (χ0) is 8.73. The first-order valence-electron chi connectivity index (χ1n) is 4.53. The third-order valence-corrected chi connectivity index (χ3v) is 2.69. The normalized spacial score (nSPS) is 28.6. The number of benzene rings is 1. The van der Waals surface area contributed by atoms with E-state index in [1.54, 1.807) is 0 Å². The zero-order valence-electron chi connectivity index (χ0n) is 7.25. The van der Waals surface area contributed by atoms with Gasteiger partial charge in [0.15, 0.2) is 0 Å². The zero-order valence-corrected chi connectivity index (χ0v) is 7.25. The van der Waals surface area contributed by atoms with Crippen molar-refractivity contribution in [3.8, 4) is 0 Å². The predicted octanol–water partition coefficient (Wildman–Crippen LogP) is 1.33. The van der Waals surface area contributed by atoms with E-state index in [0.717, 1.165) is 12.8 Å². The topological polar surface area (TPSA) is 36.4 Å². The molecule has 1 aromatic rings. The summed E-state index contributed by atoms with van der Waals surface area (Å²) in [7, 11) is 0. The number of fused-ring (bicyclic) bond motifs is 1. The Kier molecular flexibility index (Phi) is 1.20. The van der Waals surface area contributed by atoms with Crippen molar-refractivity contribution in [1.29, 1.82) is 0 Å². The van der Waals surface area contributed by atoms with Gasteiger partial charge in [-0.15, -0.1) is 0 Å². The fourth-order valence-electron chi connectivity index (χ4n) is 2.03. The highest BCUT2D eigenvalue weighted by Gasteiger charge is 2.37. The van der Waals surface area contributed by atoms with E-state index in [2.05, 4.69) is 40.1 Å². The van der Waals surface area contributed by atoms with Crippen molar-refractivity contribution in [2.75, 3.05) is 5.32 Å². The number of para-hydroxylation sites is 1. The maximum absolute atomic E-state index is 4.06. The number of nitrogens with zero attached hydrogens (tertiary/aromatic N) is 1. The maximum Gasteiger partial charge on any atom is 0.133 e. The summed E-state index contributed by atoms with van der Waals surface area (Å²) in [4.78, 5) is 0. The minimum atomic E-state index is -0.0241. The fourth-order valence-corrected chi connectivity index (χ4v) is 2.03. The van der Waals surface area contributed by atoms with Crippen molar-refractivity contribution in [3.63, 3.8) is 0 Å². The van der Waals surface area contributed by atoms with Crippen LogP contribution in [-0.2, 0) is 6.42 Å². The summed E-state index contributed by atoms with van der Waals surface area (Å²) in [6, 6.07) is 8.41. The van der Waals surface area contributed by atoms with Crippen molar-refractivity contribution >= 4 is 11.9 Å². The summed E-state index contributed by atoms with van der Waals surface area (Å²) in [6.45, 7) is 0. The van der Waals surface area contributed by atoms with E-state index in [9.17, 15) is 0 Å². The third-order valence-electron chi connectivity index (χ3n) is 2.69. The van der Waals surface area contributed by atoms with Gasteiger partial charge in [-0.25, -0.2) is 0 Å². The van der Waals surface area contributed by atoms with Crippen LogP contribution in [0.15, 0.2) is 29.4 Å². The Morgan fingerprint density at radius 3 is 3.00 bits per heavy atom. The number of rotatable bonds is 0. The molecule has 66 valence electrons. The average Bonchev–Trinajstić information content (AvgIpc) is 2.72. The summed E-state index contributed by atoms with van der Waals surface area (Å²) in [5.74, 6) is 0. The minimum Gasteiger partial charge on any atom is -0.361 e. The van der Waals surface area contributed by atoms with Crippen LogP contribution in [0.25, 0.3) is 0 Å². The molecule has 0 amide bonds. The first-order valence-corrected chi connectivity index (χ1v) is 4.53. The highest BCUT2D eigenvalue weighted by atomic mass is 15.4. The Labute approximate surface area is 76.8 Å². The number of hydrazone groups is 1. The fraction of sp³-hybridized carbons (Fsp3) is 0.300. The quantitative estimate of drug-likeness (QED) is 0.621. The van der Waals surface area contributed by atoms with E-state index in [0.29, 0.717) is 0 Å². The molecule has 0 aliphatic carbocycles. The van der Waals surface area contributed by atoms with E-state index in [4.69, 9.17) is 0 Å². The number of anilines is 1. The van der Waals surface area contributed by atoms with Gasteiger partial charge in [-0.2, -0.15) is 5.10 Å². The Hall–Kier alpha value is -1.51. The number of hydrogen-bond acceptors (Lipinski definition) is 3. The minimum absolute atomic E-state index is 0.0241. The van der Waals surface area contributed by atoms with Crippen LogP contribution in [0.4, 0.5) is 5.69 Å². The Balaban J connectivity index is 1.97. The molecular formula is C10H11N3. The predicted molar refractivity (Wildman–Crippen MR) is 52.7 cm³/mol. The number of hydrogen-bond donors (Lipinski definition) is 2. The molecule has 0 aromatic heterocycles. The molecule has 13 heavy (non-hydrogen) atoms. The van der Waals surface area contributed by atoms with Crippen LogP contribution in [0.2, 0.25) is 0 Å². The molecule has 1 atom stereocenters. The Morgan fingerprint density at radius 2 is 2.23 bits per heavy atom. The molecule has 3 heteroatoms. The number of nitrogens with one attached hydrogen (secondary N) is 2. The van der Waals surface area contributed by atoms with Crippen LogP contribution < -0.4 is 10.7 Å². The average molecular weight is 173 g/mol. The van der Waals surface area contributed by atoms with Crippen LogP contribution in [0.1, 0.15) is 12.0 Å². The summed E-state index contributed by atoms with van der Waals surface area (Å²) >= 11 is 0. The third kappa shape index (κ3) is 0.932. The summed E-state index contributed by atoms with van der Waals surface area (Å²) < 4.78 is 0. The molecule has 0 saturated carbocycles. The van der Waals surface area contributed by atoms with Crippen molar-refractivity contribution in [2.45, 2.75) is 18.5 Å². The van der Waals surface area contributed by atoms with Crippen molar-refractivity contribution < 1.29 is 0 Å². The smallest absolute Gasteiger partial charge is 0.133 e. The van der Waals surface area contributed by atoms with Gasteiger partial charge in [0.1, 0.15) is 5.66 Å². The van der Waals surface area contributed by atoms with Gasteiger partial charge in [0.25, 0.3) is 0 Å². The largest absolute Gasteiger partial charge is 0.361 e. The van der Waals surface area contributed by atoms with E-state index < -0.39 is 0 Å². The highest BCUT2D eigenvalue weighted by molar-refractivity contribution is 5.67. The first-order chi connectivity index (χ1) is 6.38. The van der Waals surface area contributed by atoms with Gasteiger partial charge < -0.3 is 5.32 Å². The second-order valence-corrected chi connectivity index (χ2v) is 3.67. The molecule has 0 fully saturated rings. The van der Waals surface area contributed by atoms with Gasteiger partial charge in [0.2, 0.25) is 0 Å². The van der Waals surface area contributed by atoms with Gasteiger partial charge in [-0.05, 0) is 11.6 Å².